The van der Waals surface area contributed by atoms with Crippen LogP contribution in [0.5, 0.6) is 0 Å². The fourth-order valence-electron chi connectivity index (χ4n) is 0.651. The molecule has 0 aromatic rings. The SMILES string of the molecule is NC=C1CC=CC1=O. The maximum absolute atomic E-state index is 10.6. The molecule has 0 aromatic carbocycles. The fraction of sp³-hybridized carbons (Fsp3) is 0.167. The van der Waals surface area contributed by atoms with Gasteiger partial charge < -0.3 is 5.73 Å². The van der Waals surface area contributed by atoms with E-state index in [-0.39, 0.29) is 5.78 Å². The number of nitrogens with two attached hydrogens (primary N) is 1. The van der Waals surface area contributed by atoms with Gasteiger partial charge in [-0.1, -0.05) is 6.08 Å². The number of ketones is 1. The summed E-state index contributed by atoms with van der Waals surface area (Å²) in [7, 11) is 0. The summed E-state index contributed by atoms with van der Waals surface area (Å²) in [6, 6.07) is 0. The first-order valence-electron chi connectivity index (χ1n) is 2.46. The van der Waals surface area contributed by atoms with Crippen molar-refractivity contribution in [3.63, 3.8) is 0 Å². The van der Waals surface area contributed by atoms with Crippen LogP contribution in [0.1, 0.15) is 6.42 Å². The Balaban J connectivity index is 2.79. The molecule has 0 aromatic heterocycles. The van der Waals surface area contributed by atoms with Crippen LogP contribution in [0, 0.1) is 0 Å². The quantitative estimate of drug-likeness (QED) is 0.456. The van der Waals surface area contributed by atoms with E-state index in [9.17, 15) is 4.79 Å². The summed E-state index contributed by atoms with van der Waals surface area (Å²) in [5, 5.41) is 0. The Labute approximate surface area is 47.7 Å². The van der Waals surface area contributed by atoms with Gasteiger partial charge >= 0.3 is 0 Å². The summed E-state index contributed by atoms with van der Waals surface area (Å²) in [5.41, 5.74) is 5.80. The minimum atomic E-state index is 0.0486. The maximum Gasteiger partial charge on any atom is 0.183 e. The fourth-order valence-corrected chi connectivity index (χ4v) is 0.651. The van der Waals surface area contributed by atoms with Crippen LogP contribution in [-0.4, -0.2) is 5.78 Å². The first-order chi connectivity index (χ1) is 3.84. The smallest absolute Gasteiger partial charge is 0.183 e. The predicted octanol–water partition coefficient (Wildman–Crippen LogP) is 0.358. The van der Waals surface area contributed by atoms with Crippen LogP contribution in [0.3, 0.4) is 0 Å². The molecule has 1 aliphatic rings. The van der Waals surface area contributed by atoms with Crippen LogP contribution in [0.25, 0.3) is 0 Å². The van der Waals surface area contributed by atoms with Gasteiger partial charge in [0.2, 0.25) is 0 Å². The summed E-state index contributed by atoms with van der Waals surface area (Å²) >= 11 is 0. The molecule has 2 N–H and O–H groups in total. The normalized spacial score (nSPS) is 23.0. The molecule has 1 rings (SSSR count). The Hall–Kier alpha value is -1.05. The van der Waals surface area contributed by atoms with E-state index in [1.165, 1.54) is 6.20 Å². The molecule has 0 saturated heterocycles. The van der Waals surface area contributed by atoms with Crippen molar-refractivity contribution in [1.29, 1.82) is 0 Å². The summed E-state index contributed by atoms with van der Waals surface area (Å²) in [6.07, 6.45) is 5.41. The zero-order valence-corrected chi connectivity index (χ0v) is 4.42. The van der Waals surface area contributed by atoms with Gasteiger partial charge in [0, 0.05) is 11.8 Å². The molecule has 2 heteroatoms. The van der Waals surface area contributed by atoms with Crippen molar-refractivity contribution >= 4 is 5.78 Å². The lowest BCUT2D eigenvalue weighted by molar-refractivity contribution is -0.111. The molecule has 0 saturated carbocycles. The monoisotopic (exact) mass is 109 g/mol. The highest BCUT2D eigenvalue weighted by atomic mass is 16.1. The van der Waals surface area contributed by atoms with Gasteiger partial charge in [-0.15, -0.1) is 0 Å². The average molecular weight is 109 g/mol. The number of hydrogen-bond acceptors (Lipinski definition) is 2. The molecule has 42 valence electrons. The first-order valence-corrected chi connectivity index (χ1v) is 2.46. The van der Waals surface area contributed by atoms with Crippen molar-refractivity contribution < 1.29 is 4.79 Å². The molecule has 1 aliphatic carbocycles. The van der Waals surface area contributed by atoms with E-state index < -0.39 is 0 Å². The zero-order chi connectivity index (χ0) is 5.98. The Bertz CT molecular complexity index is 167. The summed E-state index contributed by atoms with van der Waals surface area (Å²) < 4.78 is 0. The van der Waals surface area contributed by atoms with Crippen LogP contribution >= 0.6 is 0 Å². The van der Waals surface area contributed by atoms with Crippen molar-refractivity contribution in [2.75, 3.05) is 0 Å². The molecule has 0 fully saturated rings. The van der Waals surface area contributed by atoms with E-state index in [1.54, 1.807) is 12.2 Å². The van der Waals surface area contributed by atoms with Gasteiger partial charge in [0.05, 0.1) is 0 Å². The van der Waals surface area contributed by atoms with E-state index in [0.717, 1.165) is 0 Å². The number of rotatable bonds is 0. The Morgan fingerprint density at radius 2 is 2.50 bits per heavy atom. The summed E-state index contributed by atoms with van der Waals surface area (Å²) in [5.74, 6) is 0.0486. The molecule has 0 unspecified atom stereocenters. The van der Waals surface area contributed by atoms with Crippen LogP contribution in [-0.2, 0) is 4.79 Å². The van der Waals surface area contributed by atoms with Gasteiger partial charge in [-0.2, -0.15) is 0 Å². The lowest BCUT2D eigenvalue weighted by atomic mass is 10.2. The molecule has 0 atom stereocenters. The minimum absolute atomic E-state index is 0.0486. The summed E-state index contributed by atoms with van der Waals surface area (Å²) in [6.45, 7) is 0. The van der Waals surface area contributed by atoms with Gasteiger partial charge in [-0.05, 0) is 12.5 Å². The van der Waals surface area contributed by atoms with Gasteiger partial charge in [0.15, 0.2) is 5.78 Å². The van der Waals surface area contributed by atoms with Gasteiger partial charge in [0.25, 0.3) is 0 Å². The second kappa shape index (κ2) is 1.82. The molecule has 0 bridgehead atoms. The number of carbonyl (C=O) groups excluding carboxylic acids is 1. The van der Waals surface area contributed by atoms with E-state index in [2.05, 4.69) is 0 Å². The topological polar surface area (TPSA) is 43.1 Å². The summed E-state index contributed by atoms with van der Waals surface area (Å²) in [4.78, 5) is 10.6. The molecular formula is C6H7NO. The number of carbonyl (C=O) groups is 1. The molecule has 0 spiro atoms. The van der Waals surface area contributed by atoms with Crippen LogP contribution in [0.4, 0.5) is 0 Å². The van der Waals surface area contributed by atoms with Crippen LogP contribution < -0.4 is 5.73 Å². The Morgan fingerprint density at radius 1 is 1.75 bits per heavy atom. The third-order valence-electron chi connectivity index (χ3n) is 1.12. The van der Waals surface area contributed by atoms with Crippen molar-refractivity contribution in [3.05, 3.63) is 23.9 Å². The minimum Gasteiger partial charge on any atom is -0.404 e. The number of hydrogen-bond donors (Lipinski definition) is 1. The van der Waals surface area contributed by atoms with E-state index in [4.69, 9.17) is 5.73 Å². The molecule has 0 aliphatic heterocycles. The molecule has 2 nitrogen and oxygen atoms in total. The average Bonchev–Trinajstić information content (AvgIpc) is 2.14. The van der Waals surface area contributed by atoms with Gasteiger partial charge in [-0.25, -0.2) is 0 Å². The van der Waals surface area contributed by atoms with Crippen molar-refractivity contribution in [2.24, 2.45) is 5.73 Å². The standard InChI is InChI=1S/C6H7NO/c7-4-5-2-1-3-6(5)8/h1,3-4H,2,7H2. The molecular weight excluding hydrogens is 102 g/mol. The molecule has 8 heavy (non-hydrogen) atoms. The Kier molecular flexibility index (Phi) is 1.16. The van der Waals surface area contributed by atoms with Crippen molar-refractivity contribution in [1.82, 2.24) is 0 Å². The van der Waals surface area contributed by atoms with Crippen LogP contribution in [0.2, 0.25) is 0 Å². The first kappa shape index (κ1) is 5.09. The van der Waals surface area contributed by atoms with Crippen molar-refractivity contribution in [2.45, 2.75) is 6.42 Å². The highest BCUT2D eigenvalue weighted by molar-refractivity contribution is 6.06. The lowest BCUT2D eigenvalue weighted by Crippen LogP contribution is -1.94. The van der Waals surface area contributed by atoms with E-state index in [1.807, 2.05) is 0 Å². The highest BCUT2D eigenvalue weighted by Gasteiger charge is 2.08. The molecule has 0 amide bonds. The lowest BCUT2D eigenvalue weighted by Gasteiger charge is -1.85. The van der Waals surface area contributed by atoms with E-state index >= 15 is 0 Å². The zero-order valence-electron chi connectivity index (χ0n) is 4.42. The van der Waals surface area contributed by atoms with Crippen molar-refractivity contribution in [3.8, 4) is 0 Å². The van der Waals surface area contributed by atoms with E-state index in [0.29, 0.717) is 12.0 Å². The number of allylic oxidation sites excluding steroid dienone is 3. The Morgan fingerprint density at radius 3 is 2.75 bits per heavy atom. The third-order valence-corrected chi connectivity index (χ3v) is 1.12. The van der Waals surface area contributed by atoms with Gasteiger partial charge in [0.1, 0.15) is 0 Å². The second-order valence-electron chi connectivity index (χ2n) is 1.66. The highest BCUT2D eigenvalue weighted by Crippen LogP contribution is 2.10. The van der Waals surface area contributed by atoms with Crippen LogP contribution in [0.15, 0.2) is 23.9 Å². The largest absolute Gasteiger partial charge is 0.404 e. The van der Waals surface area contributed by atoms with Gasteiger partial charge in [-0.3, -0.25) is 4.79 Å². The predicted molar refractivity (Wildman–Crippen MR) is 31.0 cm³/mol. The third kappa shape index (κ3) is 0.644. The second-order valence-corrected chi connectivity index (χ2v) is 1.66. The molecule has 0 heterocycles. The maximum atomic E-state index is 10.6. The molecule has 0 radical (unpaired) electrons.